The van der Waals surface area contributed by atoms with Gasteiger partial charge in [0.05, 0.1) is 13.1 Å². The summed E-state index contributed by atoms with van der Waals surface area (Å²) in [6.07, 6.45) is 6.10. The maximum absolute atomic E-state index is 5.39. The second kappa shape index (κ2) is 7.37. The zero-order valence-corrected chi connectivity index (χ0v) is 12.4. The smallest absolute Gasteiger partial charge is 0.315 e. The molecule has 0 aliphatic heterocycles. The van der Waals surface area contributed by atoms with E-state index in [9.17, 15) is 0 Å². The molecule has 1 fully saturated rings. The molecule has 0 aromatic carbocycles. The Morgan fingerprint density at radius 1 is 1.14 bits per heavy atom. The lowest BCUT2D eigenvalue weighted by Gasteiger charge is -2.17. The molecule has 21 heavy (non-hydrogen) atoms. The first kappa shape index (κ1) is 15.7. The molecule has 0 saturated heterocycles. The van der Waals surface area contributed by atoms with Crippen molar-refractivity contribution in [3.05, 3.63) is 17.6 Å². The number of rotatable bonds is 5. The fourth-order valence-corrected chi connectivity index (χ4v) is 2.43. The highest BCUT2D eigenvalue weighted by Gasteiger charge is 2.20. The summed E-state index contributed by atoms with van der Waals surface area (Å²) in [4.78, 5) is 4.42. The Hall–Kier alpha value is -1.67. The lowest BCUT2D eigenvalue weighted by Crippen LogP contribution is -2.06. The van der Waals surface area contributed by atoms with E-state index >= 15 is 0 Å². The van der Waals surface area contributed by atoms with Crippen molar-refractivity contribution in [3.8, 4) is 0 Å². The summed E-state index contributed by atoms with van der Waals surface area (Å²) in [5, 5.41) is 14.6. The van der Waals surface area contributed by atoms with E-state index in [1.807, 2.05) is 0 Å². The molecule has 2 aromatic rings. The van der Waals surface area contributed by atoms with Crippen LogP contribution in [-0.4, -0.2) is 20.3 Å². The molecule has 3 rings (SSSR count). The van der Waals surface area contributed by atoms with Crippen LogP contribution < -0.4 is 11.1 Å². The number of aromatic nitrogens is 4. The predicted molar refractivity (Wildman–Crippen MR) is 76.9 cm³/mol. The van der Waals surface area contributed by atoms with E-state index in [1.165, 1.54) is 19.3 Å². The van der Waals surface area contributed by atoms with Crippen LogP contribution in [0.2, 0.25) is 0 Å². The van der Waals surface area contributed by atoms with Crippen molar-refractivity contribution in [2.24, 2.45) is 5.73 Å². The molecule has 1 aliphatic carbocycles. The van der Waals surface area contributed by atoms with Gasteiger partial charge in [0.2, 0.25) is 11.8 Å². The van der Waals surface area contributed by atoms with Crippen LogP contribution in [0.4, 0.5) is 6.01 Å². The highest BCUT2D eigenvalue weighted by atomic mass is 35.5. The Kier molecular flexibility index (Phi) is 5.51. The number of nitrogens with zero attached hydrogens (tertiary/aromatic N) is 4. The molecule has 116 valence electrons. The third-order valence-electron chi connectivity index (χ3n) is 3.49. The van der Waals surface area contributed by atoms with Gasteiger partial charge in [-0.2, -0.15) is 4.98 Å². The van der Waals surface area contributed by atoms with Crippen LogP contribution in [0, 0.1) is 0 Å². The van der Waals surface area contributed by atoms with Gasteiger partial charge in [0.25, 0.3) is 0 Å². The zero-order chi connectivity index (χ0) is 13.8. The molecule has 1 saturated carbocycles. The predicted octanol–water partition coefficient (Wildman–Crippen LogP) is 1.99. The maximum Gasteiger partial charge on any atom is 0.315 e. The topological polar surface area (TPSA) is 116 Å². The minimum Gasteiger partial charge on any atom is -0.407 e. The summed E-state index contributed by atoms with van der Waals surface area (Å²) >= 11 is 0. The monoisotopic (exact) mass is 314 g/mol. The van der Waals surface area contributed by atoms with Gasteiger partial charge in [-0.1, -0.05) is 29.5 Å². The second-order valence-electron chi connectivity index (χ2n) is 4.94. The van der Waals surface area contributed by atoms with Crippen molar-refractivity contribution in [1.29, 1.82) is 0 Å². The summed E-state index contributed by atoms with van der Waals surface area (Å²) in [5.74, 6) is 2.17. The van der Waals surface area contributed by atoms with Gasteiger partial charge < -0.3 is 20.0 Å². The van der Waals surface area contributed by atoms with Gasteiger partial charge in [0.1, 0.15) is 0 Å². The molecule has 2 aromatic heterocycles. The van der Waals surface area contributed by atoms with Gasteiger partial charge in [0, 0.05) is 5.92 Å². The Labute approximate surface area is 128 Å². The van der Waals surface area contributed by atoms with E-state index in [0.717, 1.165) is 18.7 Å². The summed E-state index contributed by atoms with van der Waals surface area (Å²) in [7, 11) is 0. The van der Waals surface area contributed by atoms with Gasteiger partial charge in [-0.05, 0) is 12.8 Å². The summed E-state index contributed by atoms with van der Waals surface area (Å²) in [5.41, 5.74) is 5.39. The van der Waals surface area contributed by atoms with E-state index < -0.39 is 0 Å². The van der Waals surface area contributed by atoms with Crippen molar-refractivity contribution in [1.82, 2.24) is 20.3 Å². The van der Waals surface area contributed by atoms with Crippen LogP contribution in [0.3, 0.4) is 0 Å². The summed E-state index contributed by atoms with van der Waals surface area (Å²) in [6, 6.07) is 0.308. The van der Waals surface area contributed by atoms with Crippen LogP contribution >= 0.6 is 12.4 Å². The normalized spacial score (nSPS) is 15.7. The lowest BCUT2D eigenvalue weighted by atomic mass is 9.89. The highest BCUT2D eigenvalue weighted by molar-refractivity contribution is 5.85. The molecule has 8 nitrogen and oxygen atoms in total. The average Bonchev–Trinajstić information content (AvgIpc) is 3.15. The molecule has 0 bridgehead atoms. The van der Waals surface area contributed by atoms with Crippen molar-refractivity contribution in [2.75, 3.05) is 5.32 Å². The van der Waals surface area contributed by atoms with Crippen LogP contribution in [0.25, 0.3) is 0 Å². The van der Waals surface area contributed by atoms with Crippen LogP contribution in [0.1, 0.15) is 55.6 Å². The first-order chi connectivity index (χ1) is 9.85. The lowest BCUT2D eigenvalue weighted by molar-refractivity contribution is 0.360. The number of hydrogen-bond donors (Lipinski definition) is 2. The molecular formula is C12H19ClN6O2. The molecule has 9 heteroatoms. The molecular weight excluding hydrogens is 296 g/mol. The molecule has 0 radical (unpaired) electrons. The molecule has 2 heterocycles. The Balaban J connectivity index is 0.00000161. The van der Waals surface area contributed by atoms with E-state index in [4.69, 9.17) is 14.7 Å². The second-order valence-corrected chi connectivity index (χ2v) is 4.94. The SMILES string of the molecule is Cl.NCc1nnc(NCc2nc(C3CCCCC3)no2)o1. The fourth-order valence-electron chi connectivity index (χ4n) is 2.43. The number of nitrogens with two attached hydrogens (primary N) is 1. The maximum atomic E-state index is 5.39. The minimum absolute atomic E-state index is 0. The third-order valence-corrected chi connectivity index (χ3v) is 3.49. The number of nitrogens with one attached hydrogen (secondary N) is 1. The standard InChI is InChI=1S/C12H18N6O2.ClH/c13-6-9-16-17-12(19-9)14-7-10-15-11(18-20-10)8-4-2-1-3-5-8;/h8H,1-7,13H2,(H,14,17);1H. The first-order valence-electron chi connectivity index (χ1n) is 6.94. The van der Waals surface area contributed by atoms with Gasteiger partial charge in [-0.25, -0.2) is 0 Å². The molecule has 1 aliphatic rings. The van der Waals surface area contributed by atoms with Gasteiger partial charge in [0.15, 0.2) is 5.82 Å². The van der Waals surface area contributed by atoms with Gasteiger partial charge in [-0.3, -0.25) is 0 Å². The molecule has 0 spiro atoms. The fraction of sp³-hybridized carbons (Fsp3) is 0.667. The average molecular weight is 315 g/mol. The number of halogens is 1. The van der Waals surface area contributed by atoms with Crippen LogP contribution in [0.5, 0.6) is 0 Å². The Morgan fingerprint density at radius 3 is 2.67 bits per heavy atom. The number of anilines is 1. The summed E-state index contributed by atoms with van der Waals surface area (Å²) < 4.78 is 10.5. The molecule has 0 amide bonds. The molecule has 3 N–H and O–H groups in total. The Bertz CT molecular complexity index is 551. The van der Waals surface area contributed by atoms with Gasteiger partial charge in [-0.15, -0.1) is 17.5 Å². The quantitative estimate of drug-likeness (QED) is 0.860. The highest BCUT2D eigenvalue weighted by Crippen LogP contribution is 2.30. The van der Waals surface area contributed by atoms with Gasteiger partial charge >= 0.3 is 6.01 Å². The van der Waals surface area contributed by atoms with Crippen molar-refractivity contribution in [3.63, 3.8) is 0 Å². The van der Waals surface area contributed by atoms with E-state index in [0.29, 0.717) is 30.3 Å². The summed E-state index contributed by atoms with van der Waals surface area (Å²) in [6.45, 7) is 0.590. The van der Waals surface area contributed by atoms with Crippen molar-refractivity contribution in [2.45, 2.75) is 51.1 Å². The number of hydrogen-bond acceptors (Lipinski definition) is 8. The third kappa shape index (κ3) is 3.92. The van der Waals surface area contributed by atoms with E-state index in [2.05, 4.69) is 25.7 Å². The molecule has 0 atom stereocenters. The minimum atomic E-state index is 0. The first-order valence-corrected chi connectivity index (χ1v) is 6.94. The molecule has 0 unspecified atom stereocenters. The zero-order valence-electron chi connectivity index (χ0n) is 11.6. The van der Waals surface area contributed by atoms with E-state index in [-0.39, 0.29) is 19.0 Å². The largest absolute Gasteiger partial charge is 0.407 e. The van der Waals surface area contributed by atoms with Crippen molar-refractivity contribution >= 4 is 18.4 Å². The van der Waals surface area contributed by atoms with Crippen molar-refractivity contribution < 1.29 is 8.94 Å². The Morgan fingerprint density at radius 2 is 1.95 bits per heavy atom. The van der Waals surface area contributed by atoms with E-state index in [1.54, 1.807) is 0 Å². The van der Waals surface area contributed by atoms with Crippen LogP contribution in [0.15, 0.2) is 8.94 Å². The van der Waals surface area contributed by atoms with Crippen LogP contribution in [-0.2, 0) is 13.1 Å².